The zero-order valence-electron chi connectivity index (χ0n) is 18.8. The third-order valence-electron chi connectivity index (χ3n) is 5.46. The molecule has 0 radical (unpaired) electrons. The van der Waals surface area contributed by atoms with Gasteiger partial charge in [-0.2, -0.15) is 0 Å². The molecular formula is C21H31N5O4S. The molecule has 2 N–H and O–H groups in total. The molecule has 2 aromatic heterocycles. The molecular weight excluding hydrogens is 418 g/mol. The molecule has 1 fully saturated rings. The molecule has 0 saturated carbocycles. The number of ether oxygens (including phenoxy) is 2. The molecule has 3 rings (SSSR count). The SMILES string of the molecule is CCOC(=O)c1sc(N2CC[C@H](NC(=O)c3nc(CC)c(CC)[nH]3)[C@H](OC)C2)nc1C. The van der Waals surface area contributed by atoms with E-state index < -0.39 is 0 Å². The van der Waals surface area contributed by atoms with Crippen molar-refractivity contribution in [2.75, 3.05) is 31.7 Å². The molecule has 0 bridgehead atoms. The molecule has 0 spiro atoms. The molecule has 0 aliphatic carbocycles. The predicted octanol–water partition coefficient (Wildman–Crippen LogP) is 2.50. The van der Waals surface area contributed by atoms with Crippen molar-refractivity contribution < 1.29 is 19.1 Å². The first-order chi connectivity index (χ1) is 14.9. The average molecular weight is 450 g/mol. The van der Waals surface area contributed by atoms with Crippen LogP contribution in [0.4, 0.5) is 5.13 Å². The first-order valence-electron chi connectivity index (χ1n) is 10.7. The third-order valence-corrected chi connectivity index (χ3v) is 6.66. The molecule has 1 aliphatic rings. The van der Waals surface area contributed by atoms with Crippen molar-refractivity contribution in [3.05, 3.63) is 27.8 Å². The van der Waals surface area contributed by atoms with E-state index in [2.05, 4.69) is 25.2 Å². The van der Waals surface area contributed by atoms with Crippen LogP contribution in [-0.4, -0.2) is 65.8 Å². The average Bonchev–Trinajstić information content (AvgIpc) is 3.37. The molecule has 1 aliphatic heterocycles. The number of imidazole rings is 1. The van der Waals surface area contributed by atoms with Gasteiger partial charge in [-0.3, -0.25) is 4.79 Å². The van der Waals surface area contributed by atoms with E-state index >= 15 is 0 Å². The topological polar surface area (TPSA) is 109 Å². The number of piperidine rings is 1. The van der Waals surface area contributed by atoms with Crippen LogP contribution in [-0.2, 0) is 22.3 Å². The fraction of sp³-hybridized carbons (Fsp3) is 0.619. The Morgan fingerprint density at radius 3 is 2.65 bits per heavy atom. The van der Waals surface area contributed by atoms with Gasteiger partial charge in [-0.05, 0) is 33.1 Å². The number of hydrogen-bond acceptors (Lipinski definition) is 8. The standard InChI is InChI=1S/C21H31N5O4S/c1-6-13-14(7-2)24-18(23-13)19(27)25-15-9-10-26(11-16(15)29-5)21-22-12(4)17(31-21)20(28)30-8-3/h15-16H,6-11H2,1-5H3,(H,23,24)(H,25,27)/t15-,16+/m0/s1. The maximum atomic E-state index is 12.8. The Kier molecular flexibility index (Phi) is 7.66. The zero-order valence-corrected chi connectivity index (χ0v) is 19.6. The minimum absolute atomic E-state index is 0.139. The van der Waals surface area contributed by atoms with Crippen molar-refractivity contribution in [3.8, 4) is 0 Å². The number of methoxy groups -OCH3 is 1. The van der Waals surface area contributed by atoms with Gasteiger partial charge in [-0.15, -0.1) is 0 Å². The second-order valence-electron chi connectivity index (χ2n) is 7.44. The highest BCUT2D eigenvalue weighted by Crippen LogP contribution is 2.29. The van der Waals surface area contributed by atoms with Gasteiger partial charge in [0.15, 0.2) is 11.0 Å². The van der Waals surface area contributed by atoms with Crippen LogP contribution in [0.5, 0.6) is 0 Å². The van der Waals surface area contributed by atoms with E-state index in [4.69, 9.17) is 9.47 Å². The number of hydrogen-bond donors (Lipinski definition) is 2. The van der Waals surface area contributed by atoms with Crippen LogP contribution in [0.25, 0.3) is 0 Å². The van der Waals surface area contributed by atoms with Gasteiger partial charge in [0.2, 0.25) is 0 Å². The summed E-state index contributed by atoms with van der Waals surface area (Å²) in [5, 5.41) is 3.84. The van der Waals surface area contributed by atoms with Gasteiger partial charge in [0.05, 0.1) is 30.1 Å². The summed E-state index contributed by atoms with van der Waals surface area (Å²) in [6.07, 6.45) is 2.08. The number of aryl methyl sites for hydroxylation is 3. The molecule has 9 nitrogen and oxygen atoms in total. The molecule has 2 atom stereocenters. The number of anilines is 1. The molecule has 3 heterocycles. The van der Waals surface area contributed by atoms with Gasteiger partial charge >= 0.3 is 5.97 Å². The first kappa shape index (κ1) is 23.2. The molecule has 1 saturated heterocycles. The highest BCUT2D eigenvalue weighted by Gasteiger charge is 2.33. The largest absolute Gasteiger partial charge is 0.462 e. The quantitative estimate of drug-likeness (QED) is 0.596. The van der Waals surface area contributed by atoms with E-state index in [1.165, 1.54) is 11.3 Å². The Morgan fingerprint density at radius 1 is 1.26 bits per heavy atom. The monoisotopic (exact) mass is 449 g/mol. The smallest absolute Gasteiger partial charge is 0.350 e. The molecule has 0 aromatic carbocycles. The van der Waals surface area contributed by atoms with Crippen molar-refractivity contribution in [2.24, 2.45) is 0 Å². The summed E-state index contributed by atoms with van der Waals surface area (Å²) in [5.41, 5.74) is 2.60. The van der Waals surface area contributed by atoms with Crippen molar-refractivity contribution in [2.45, 2.75) is 59.1 Å². The van der Waals surface area contributed by atoms with Crippen LogP contribution >= 0.6 is 11.3 Å². The van der Waals surface area contributed by atoms with Crippen molar-refractivity contribution >= 4 is 28.3 Å². The van der Waals surface area contributed by atoms with E-state index in [1.807, 2.05) is 20.8 Å². The lowest BCUT2D eigenvalue weighted by Crippen LogP contribution is -2.55. The Balaban J connectivity index is 1.67. The Labute approximate surface area is 186 Å². The van der Waals surface area contributed by atoms with Crippen molar-refractivity contribution in [1.82, 2.24) is 20.3 Å². The number of H-pyrrole nitrogens is 1. The highest BCUT2D eigenvalue weighted by molar-refractivity contribution is 7.17. The summed E-state index contributed by atoms with van der Waals surface area (Å²) in [5.74, 6) is -0.212. The van der Waals surface area contributed by atoms with Gasteiger partial charge in [-0.25, -0.2) is 14.8 Å². The van der Waals surface area contributed by atoms with Crippen molar-refractivity contribution in [3.63, 3.8) is 0 Å². The number of carbonyl (C=O) groups is 2. The molecule has 0 unspecified atom stereocenters. The van der Waals surface area contributed by atoms with E-state index in [-0.39, 0.29) is 24.0 Å². The van der Waals surface area contributed by atoms with E-state index in [1.54, 1.807) is 14.0 Å². The second kappa shape index (κ2) is 10.2. The van der Waals surface area contributed by atoms with Gasteiger partial charge < -0.3 is 24.7 Å². The van der Waals surface area contributed by atoms with Crippen LogP contribution in [0.2, 0.25) is 0 Å². The summed E-state index contributed by atoms with van der Waals surface area (Å²) >= 11 is 1.33. The third kappa shape index (κ3) is 5.07. The maximum Gasteiger partial charge on any atom is 0.350 e. The van der Waals surface area contributed by atoms with Crippen LogP contribution in [0.1, 0.15) is 64.6 Å². The normalized spacial score (nSPS) is 18.8. The number of aromatic nitrogens is 3. The number of rotatable bonds is 8. The van der Waals surface area contributed by atoms with E-state index in [0.29, 0.717) is 42.5 Å². The Hall–Kier alpha value is -2.46. The molecule has 31 heavy (non-hydrogen) atoms. The fourth-order valence-electron chi connectivity index (χ4n) is 3.77. The van der Waals surface area contributed by atoms with Crippen LogP contribution in [0.3, 0.4) is 0 Å². The van der Waals surface area contributed by atoms with Gasteiger partial charge in [-0.1, -0.05) is 25.2 Å². The van der Waals surface area contributed by atoms with Gasteiger partial charge in [0.1, 0.15) is 4.88 Å². The summed E-state index contributed by atoms with van der Waals surface area (Å²) < 4.78 is 10.8. The number of nitrogens with one attached hydrogen (secondary N) is 2. The predicted molar refractivity (Wildman–Crippen MR) is 119 cm³/mol. The lowest BCUT2D eigenvalue weighted by molar-refractivity contribution is 0.0530. The molecule has 170 valence electrons. The zero-order chi connectivity index (χ0) is 22.5. The summed E-state index contributed by atoms with van der Waals surface area (Å²) in [4.78, 5) is 39.6. The van der Waals surface area contributed by atoms with Gasteiger partial charge in [0.25, 0.3) is 5.91 Å². The fourth-order valence-corrected chi connectivity index (χ4v) is 4.77. The van der Waals surface area contributed by atoms with Crippen LogP contribution in [0.15, 0.2) is 0 Å². The number of amides is 1. The second-order valence-corrected chi connectivity index (χ2v) is 8.42. The number of thiazole rings is 1. The lowest BCUT2D eigenvalue weighted by Gasteiger charge is -2.37. The first-order valence-corrected chi connectivity index (χ1v) is 11.5. The summed E-state index contributed by atoms with van der Waals surface area (Å²) in [6.45, 7) is 9.25. The summed E-state index contributed by atoms with van der Waals surface area (Å²) in [7, 11) is 1.64. The van der Waals surface area contributed by atoms with E-state index in [0.717, 1.165) is 29.4 Å². The maximum absolute atomic E-state index is 12.8. The Morgan fingerprint density at radius 2 is 2.03 bits per heavy atom. The summed E-state index contributed by atoms with van der Waals surface area (Å²) in [6, 6.07) is -0.139. The minimum atomic E-state index is -0.342. The van der Waals surface area contributed by atoms with Crippen molar-refractivity contribution in [1.29, 1.82) is 0 Å². The number of nitrogens with zero attached hydrogens (tertiary/aromatic N) is 3. The number of aromatic amines is 1. The van der Waals surface area contributed by atoms with Gasteiger partial charge in [0, 0.05) is 25.9 Å². The molecule has 10 heteroatoms. The Bertz CT molecular complexity index is 904. The lowest BCUT2D eigenvalue weighted by atomic mass is 10.0. The van der Waals surface area contributed by atoms with E-state index in [9.17, 15) is 9.59 Å². The highest BCUT2D eigenvalue weighted by atomic mass is 32.1. The minimum Gasteiger partial charge on any atom is -0.462 e. The number of carbonyl (C=O) groups excluding carboxylic acids is 2. The van der Waals surface area contributed by atoms with Crippen LogP contribution in [0, 0.1) is 6.92 Å². The molecule has 2 aromatic rings. The van der Waals surface area contributed by atoms with Crippen LogP contribution < -0.4 is 10.2 Å². The number of esters is 1. The molecule has 1 amide bonds.